The van der Waals surface area contributed by atoms with Gasteiger partial charge in [-0.3, -0.25) is 4.98 Å². The summed E-state index contributed by atoms with van der Waals surface area (Å²) >= 11 is 0. The zero-order valence-corrected chi connectivity index (χ0v) is 18.0. The normalized spacial score (nSPS) is 11.8. The van der Waals surface area contributed by atoms with Gasteiger partial charge in [0.1, 0.15) is 5.75 Å². The molecule has 0 bridgehead atoms. The van der Waals surface area contributed by atoms with E-state index in [1.807, 2.05) is 13.0 Å². The number of nitrogens with zero attached hydrogens (tertiary/aromatic N) is 1. The van der Waals surface area contributed by atoms with Gasteiger partial charge in [0, 0.05) is 17.3 Å². The average Bonchev–Trinajstić information content (AvgIpc) is 2.62. The molecule has 0 aliphatic carbocycles. The molecule has 0 aliphatic rings. The van der Waals surface area contributed by atoms with E-state index in [0.717, 1.165) is 29.2 Å². The summed E-state index contributed by atoms with van der Waals surface area (Å²) in [4.78, 5) is 4.46. The Balaban J connectivity index is 1.92. The van der Waals surface area contributed by atoms with Crippen LogP contribution in [0.25, 0.3) is 22.4 Å². The van der Waals surface area contributed by atoms with Gasteiger partial charge in [0.15, 0.2) is 11.5 Å². The number of hydrogen-bond donors (Lipinski definition) is 1. The van der Waals surface area contributed by atoms with Crippen LogP contribution in [0, 0.1) is 6.92 Å². The number of pyridine rings is 1. The summed E-state index contributed by atoms with van der Waals surface area (Å²) in [5, 5.41) is 9.84. The number of rotatable bonds is 6. The average molecular weight is 450 g/mol. The van der Waals surface area contributed by atoms with Crippen LogP contribution in [-0.4, -0.2) is 39.4 Å². The molecule has 1 N–H and O–H groups in total. The fraction of sp³-hybridized carbons (Fsp3) is 0.150. The minimum atomic E-state index is -3.79. The Labute approximate surface area is 175 Å². The molecular formula is C20H19NO7S2. The molecule has 158 valence electrons. The van der Waals surface area contributed by atoms with Crippen LogP contribution >= 0.6 is 0 Å². The molecule has 0 radical (unpaired) electrons. The van der Waals surface area contributed by atoms with Gasteiger partial charge >= 0.3 is 20.2 Å². The number of hydrogen-bond acceptors (Lipinski definition) is 8. The van der Waals surface area contributed by atoms with E-state index in [9.17, 15) is 21.9 Å². The topological polar surface area (TPSA) is 120 Å². The predicted molar refractivity (Wildman–Crippen MR) is 112 cm³/mol. The van der Waals surface area contributed by atoms with Crippen molar-refractivity contribution < 1.29 is 30.3 Å². The maximum atomic E-state index is 11.4. The van der Waals surface area contributed by atoms with Crippen molar-refractivity contribution in [3.8, 4) is 39.6 Å². The Bertz CT molecular complexity index is 1300. The van der Waals surface area contributed by atoms with Gasteiger partial charge in [-0.2, -0.15) is 16.8 Å². The van der Waals surface area contributed by atoms with Crippen LogP contribution in [0.3, 0.4) is 0 Å². The second kappa shape index (κ2) is 7.96. The summed E-state index contributed by atoms with van der Waals surface area (Å²) in [6, 6.07) is 12.8. The molecule has 0 aliphatic heterocycles. The molecule has 3 rings (SSSR count). The van der Waals surface area contributed by atoms with Crippen LogP contribution in [-0.2, 0) is 20.2 Å². The number of benzene rings is 2. The maximum Gasteiger partial charge on any atom is 0.306 e. The SMILES string of the molecule is Cc1cc(-c2ccc(OS(C)(=O)=O)cc2)cnc1-c1ccc(O)c(OS(C)(=O)=O)c1. The first-order valence-electron chi connectivity index (χ1n) is 8.61. The zero-order valence-electron chi connectivity index (χ0n) is 16.4. The minimum absolute atomic E-state index is 0.179. The van der Waals surface area contributed by atoms with Gasteiger partial charge in [0.25, 0.3) is 0 Å². The van der Waals surface area contributed by atoms with Crippen LogP contribution < -0.4 is 8.37 Å². The molecule has 30 heavy (non-hydrogen) atoms. The van der Waals surface area contributed by atoms with Crippen molar-refractivity contribution in [1.29, 1.82) is 0 Å². The summed E-state index contributed by atoms with van der Waals surface area (Å²) in [6.07, 6.45) is 3.50. The van der Waals surface area contributed by atoms with Crippen molar-refractivity contribution in [3.05, 3.63) is 60.3 Å². The van der Waals surface area contributed by atoms with Crippen LogP contribution in [0.15, 0.2) is 54.7 Å². The van der Waals surface area contributed by atoms with Gasteiger partial charge < -0.3 is 13.5 Å². The standard InChI is InChI=1S/C20H19NO7S2/c1-13-10-16(14-4-7-17(8-5-14)27-29(2,23)24)12-21-20(13)15-6-9-18(22)19(11-15)28-30(3,25)26/h4-12,22H,1-3H3. The first kappa shape index (κ1) is 21.6. The second-order valence-corrected chi connectivity index (χ2v) is 9.82. The quantitative estimate of drug-likeness (QED) is 0.570. The second-order valence-electron chi connectivity index (χ2n) is 6.67. The summed E-state index contributed by atoms with van der Waals surface area (Å²) in [6.45, 7) is 1.84. The van der Waals surface area contributed by atoms with Crippen LogP contribution in [0.2, 0.25) is 0 Å². The molecule has 0 fully saturated rings. The van der Waals surface area contributed by atoms with Crippen molar-refractivity contribution in [2.24, 2.45) is 0 Å². The highest BCUT2D eigenvalue weighted by Gasteiger charge is 2.14. The first-order valence-corrected chi connectivity index (χ1v) is 12.2. The lowest BCUT2D eigenvalue weighted by Crippen LogP contribution is -2.06. The third-order valence-electron chi connectivity index (χ3n) is 3.99. The summed E-state index contributed by atoms with van der Waals surface area (Å²) < 4.78 is 54.8. The molecule has 10 heteroatoms. The van der Waals surface area contributed by atoms with Crippen molar-refractivity contribution in [3.63, 3.8) is 0 Å². The van der Waals surface area contributed by atoms with E-state index in [2.05, 4.69) is 4.98 Å². The minimum Gasteiger partial charge on any atom is -0.504 e. The van der Waals surface area contributed by atoms with E-state index in [4.69, 9.17) is 8.37 Å². The molecule has 1 aromatic heterocycles. The number of aromatic hydroxyl groups is 1. The highest BCUT2D eigenvalue weighted by molar-refractivity contribution is 7.86. The first-order chi connectivity index (χ1) is 13.9. The van der Waals surface area contributed by atoms with Crippen molar-refractivity contribution in [1.82, 2.24) is 4.98 Å². The largest absolute Gasteiger partial charge is 0.504 e. The van der Waals surface area contributed by atoms with E-state index < -0.39 is 20.2 Å². The fourth-order valence-corrected chi connectivity index (χ4v) is 3.72. The van der Waals surface area contributed by atoms with Gasteiger partial charge in [0.2, 0.25) is 0 Å². The van der Waals surface area contributed by atoms with E-state index in [1.165, 1.54) is 12.1 Å². The van der Waals surface area contributed by atoms with Gasteiger partial charge in [-0.05, 0) is 54.4 Å². The van der Waals surface area contributed by atoms with Crippen molar-refractivity contribution in [2.75, 3.05) is 12.5 Å². The molecule has 0 saturated carbocycles. The van der Waals surface area contributed by atoms with Gasteiger partial charge in [0.05, 0.1) is 18.2 Å². The number of phenols is 1. The lowest BCUT2D eigenvalue weighted by molar-refractivity contribution is 0.430. The Morgan fingerprint density at radius 1 is 0.800 bits per heavy atom. The fourth-order valence-electron chi connectivity index (χ4n) is 2.80. The van der Waals surface area contributed by atoms with Crippen LogP contribution in [0.4, 0.5) is 0 Å². The van der Waals surface area contributed by atoms with E-state index in [-0.39, 0.29) is 17.2 Å². The molecule has 0 spiro atoms. The summed E-state index contributed by atoms with van der Waals surface area (Å²) in [5.74, 6) is -0.262. The molecule has 8 nitrogen and oxygen atoms in total. The predicted octanol–water partition coefficient (Wildman–Crippen LogP) is 3.11. The van der Waals surface area contributed by atoms with Gasteiger partial charge in [-0.15, -0.1) is 0 Å². The number of aromatic nitrogens is 1. The maximum absolute atomic E-state index is 11.4. The molecular weight excluding hydrogens is 430 g/mol. The van der Waals surface area contributed by atoms with Crippen molar-refractivity contribution in [2.45, 2.75) is 6.92 Å². The van der Waals surface area contributed by atoms with Gasteiger partial charge in [-0.25, -0.2) is 0 Å². The van der Waals surface area contributed by atoms with Crippen LogP contribution in [0.1, 0.15) is 5.56 Å². The molecule has 0 amide bonds. The highest BCUT2D eigenvalue weighted by Crippen LogP contribution is 2.34. The van der Waals surface area contributed by atoms with E-state index in [0.29, 0.717) is 11.3 Å². The molecule has 0 unspecified atom stereocenters. The lowest BCUT2D eigenvalue weighted by Gasteiger charge is -2.11. The van der Waals surface area contributed by atoms with Gasteiger partial charge in [-0.1, -0.05) is 12.1 Å². The Hall–Kier alpha value is -3.11. The molecule has 0 atom stereocenters. The highest BCUT2D eigenvalue weighted by atomic mass is 32.2. The molecule has 3 aromatic rings. The molecule has 2 aromatic carbocycles. The molecule has 1 heterocycles. The lowest BCUT2D eigenvalue weighted by atomic mass is 10.0. The van der Waals surface area contributed by atoms with E-state index in [1.54, 1.807) is 36.5 Å². The summed E-state index contributed by atoms with van der Waals surface area (Å²) in [7, 11) is -7.39. The van der Waals surface area contributed by atoms with Crippen molar-refractivity contribution >= 4 is 20.2 Å². The van der Waals surface area contributed by atoms with Crippen LogP contribution in [0.5, 0.6) is 17.2 Å². The Morgan fingerprint density at radius 2 is 1.40 bits per heavy atom. The Morgan fingerprint density at radius 3 is 1.97 bits per heavy atom. The third-order valence-corrected chi connectivity index (χ3v) is 4.97. The third kappa shape index (κ3) is 5.49. The number of phenolic OH excluding ortho intramolecular Hbond substituents is 1. The number of aryl methyl sites for hydroxylation is 1. The monoisotopic (exact) mass is 449 g/mol. The molecule has 0 saturated heterocycles. The smallest absolute Gasteiger partial charge is 0.306 e. The zero-order chi connectivity index (χ0) is 22.1. The van der Waals surface area contributed by atoms with E-state index >= 15 is 0 Å². The summed E-state index contributed by atoms with van der Waals surface area (Å²) in [5.41, 5.74) is 3.58. The Kier molecular flexibility index (Phi) is 5.73.